The van der Waals surface area contributed by atoms with E-state index < -0.39 is 0 Å². The summed E-state index contributed by atoms with van der Waals surface area (Å²) in [6.45, 7) is 6.84. The van der Waals surface area contributed by atoms with Crippen molar-refractivity contribution < 1.29 is 4.79 Å². The van der Waals surface area contributed by atoms with E-state index in [1.807, 2.05) is 0 Å². The lowest BCUT2D eigenvalue weighted by molar-refractivity contribution is -0.125. The second kappa shape index (κ2) is 8.28. The molecule has 0 bridgehead atoms. The molecule has 2 N–H and O–H groups in total. The van der Waals surface area contributed by atoms with Gasteiger partial charge in [0.1, 0.15) is 0 Å². The average molecular weight is 297 g/mol. The van der Waals surface area contributed by atoms with Gasteiger partial charge in [-0.1, -0.05) is 29.3 Å². The highest BCUT2D eigenvalue weighted by molar-refractivity contribution is 5.85. The van der Waals surface area contributed by atoms with Gasteiger partial charge in [0.2, 0.25) is 5.91 Å². The predicted molar refractivity (Wildman–Crippen MR) is 85.5 cm³/mol. The Bertz CT molecular complexity index is 422. The first-order valence-electron chi connectivity index (χ1n) is 7.21. The lowest BCUT2D eigenvalue weighted by atomic mass is 9.98. The highest BCUT2D eigenvalue weighted by Crippen LogP contribution is 2.11. The van der Waals surface area contributed by atoms with Crippen LogP contribution >= 0.6 is 12.4 Å². The van der Waals surface area contributed by atoms with E-state index in [-0.39, 0.29) is 24.2 Å². The van der Waals surface area contributed by atoms with Crippen molar-refractivity contribution >= 4 is 18.3 Å². The minimum absolute atomic E-state index is 0. The number of nitrogens with one attached hydrogen (secondary N) is 2. The van der Waals surface area contributed by atoms with Crippen LogP contribution in [0, 0.1) is 19.8 Å². The smallest absolute Gasteiger partial charge is 0.224 e. The van der Waals surface area contributed by atoms with Crippen LogP contribution in [0.1, 0.15) is 29.5 Å². The molecular formula is C16H25ClN2O. The van der Waals surface area contributed by atoms with Crippen molar-refractivity contribution in [2.24, 2.45) is 5.92 Å². The van der Waals surface area contributed by atoms with Gasteiger partial charge in [0, 0.05) is 13.1 Å². The van der Waals surface area contributed by atoms with Crippen LogP contribution in [0.3, 0.4) is 0 Å². The number of benzene rings is 1. The van der Waals surface area contributed by atoms with E-state index >= 15 is 0 Å². The first-order valence-corrected chi connectivity index (χ1v) is 7.21. The molecule has 112 valence electrons. The van der Waals surface area contributed by atoms with Crippen LogP contribution in [0.2, 0.25) is 0 Å². The molecular weight excluding hydrogens is 272 g/mol. The Morgan fingerprint density at radius 3 is 2.60 bits per heavy atom. The zero-order valence-corrected chi connectivity index (χ0v) is 13.2. The molecule has 1 fully saturated rings. The molecule has 2 rings (SSSR count). The molecule has 1 atom stereocenters. The molecule has 0 aromatic heterocycles. The Balaban J connectivity index is 0.00000200. The summed E-state index contributed by atoms with van der Waals surface area (Å²) >= 11 is 0. The molecule has 1 aliphatic rings. The molecule has 1 saturated heterocycles. The van der Waals surface area contributed by atoms with E-state index in [2.05, 4.69) is 42.7 Å². The summed E-state index contributed by atoms with van der Waals surface area (Å²) < 4.78 is 0. The van der Waals surface area contributed by atoms with Crippen molar-refractivity contribution in [2.45, 2.75) is 33.1 Å². The van der Waals surface area contributed by atoms with Gasteiger partial charge in [-0.15, -0.1) is 12.4 Å². The van der Waals surface area contributed by atoms with Gasteiger partial charge in [-0.2, -0.15) is 0 Å². The second-order valence-corrected chi connectivity index (χ2v) is 5.58. The monoisotopic (exact) mass is 296 g/mol. The molecule has 1 heterocycles. The number of hydrogen-bond acceptors (Lipinski definition) is 2. The fraction of sp³-hybridized carbons (Fsp3) is 0.562. The van der Waals surface area contributed by atoms with Gasteiger partial charge in [-0.25, -0.2) is 0 Å². The number of hydrogen-bond donors (Lipinski definition) is 2. The molecule has 0 spiro atoms. The van der Waals surface area contributed by atoms with Gasteiger partial charge < -0.3 is 10.6 Å². The minimum atomic E-state index is 0. The van der Waals surface area contributed by atoms with Crippen LogP contribution in [-0.4, -0.2) is 25.5 Å². The fourth-order valence-corrected chi connectivity index (χ4v) is 2.76. The molecule has 1 aliphatic heterocycles. The number of amides is 1. The number of carbonyl (C=O) groups is 1. The van der Waals surface area contributed by atoms with Gasteiger partial charge in [0.15, 0.2) is 0 Å². The van der Waals surface area contributed by atoms with E-state index in [1.165, 1.54) is 16.7 Å². The van der Waals surface area contributed by atoms with Crippen molar-refractivity contribution in [3.8, 4) is 0 Å². The lowest BCUT2D eigenvalue weighted by Crippen LogP contribution is -2.41. The van der Waals surface area contributed by atoms with Crippen LogP contribution in [0.15, 0.2) is 18.2 Å². The standard InChI is InChI=1S/C16H24N2O.ClH/c1-12-8-13(2)10-14(9-12)5-7-18-16(19)15-4-3-6-17-11-15;/h8-10,15,17H,3-7,11H2,1-2H3,(H,18,19);1H. The number of piperidine rings is 1. The molecule has 3 nitrogen and oxygen atoms in total. The molecule has 1 aromatic carbocycles. The minimum Gasteiger partial charge on any atom is -0.355 e. The Hall–Kier alpha value is -1.06. The van der Waals surface area contributed by atoms with Crippen molar-refractivity contribution in [1.82, 2.24) is 10.6 Å². The zero-order chi connectivity index (χ0) is 13.7. The van der Waals surface area contributed by atoms with Crippen molar-refractivity contribution in [1.29, 1.82) is 0 Å². The van der Waals surface area contributed by atoms with E-state index in [4.69, 9.17) is 0 Å². The van der Waals surface area contributed by atoms with Gasteiger partial charge in [0.25, 0.3) is 0 Å². The fourth-order valence-electron chi connectivity index (χ4n) is 2.76. The third-order valence-corrected chi connectivity index (χ3v) is 3.66. The summed E-state index contributed by atoms with van der Waals surface area (Å²) in [6, 6.07) is 6.57. The summed E-state index contributed by atoms with van der Waals surface area (Å²) in [5, 5.41) is 6.34. The lowest BCUT2D eigenvalue weighted by Gasteiger charge is -2.21. The van der Waals surface area contributed by atoms with Gasteiger partial charge in [-0.05, 0) is 45.2 Å². The van der Waals surface area contributed by atoms with Crippen molar-refractivity contribution in [3.05, 3.63) is 34.9 Å². The Labute approximate surface area is 127 Å². The van der Waals surface area contributed by atoms with Crippen molar-refractivity contribution in [3.63, 3.8) is 0 Å². The SMILES string of the molecule is Cc1cc(C)cc(CCNC(=O)C2CCCNC2)c1.Cl. The average Bonchev–Trinajstić information content (AvgIpc) is 2.38. The quantitative estimate of drug-likeness (QED) is 0.896. The Kier molecular flexibility index (Phi) is 7.03. The van der Waals surface area contributed by atoms with Crippen LogP contribution in [0.4, 0.5) is 0 Å². The van der Waals surface area contributed by atoms with E-state index in [9.17, 15) is 4.79 Å². The Morgan fingerprint density at radius 2 is 2.00 bits per heavy atom. The highest BCUT2D eigenvalue weighted by atomic mass is 35.5. The predicted octanol–water partition coefficient (Wildman–Crippen LogP) is 2.38. The molecule has 1 unspecified atom stereocenters. The molecule has 1 amide bonds. The van der Waals surface area contributed by atoms with Crippen molar-refractivity contribution in [2.75, 3.05) is 19.6 Å². The number of carbonyl (C=O) groups excluding carboxylic acids is 1. The molecule has 0 radical (unpaired) electrons. The summed E-state index contributed by atoms with van der Waals surface area (Å²) in [4.78, 5) is 12.0. The molecule has 1 aromatic rings. The van der Waals surface area contributed by atoms with E-state index in [1.54, 1.807) is 0 Å². The second-order valence-electron chi connectivity index (χ2n) is 5.58. The van der Waals surface area contributed by atoms with Crippen LogP contribution in [0.25, 0.3) is 0 Å². The van der Waals surface area contributed by atoms with Crippen LogP contribution in [-0.2, 0) is 11.2 Å². The maximum Gasteiger partial charge on any atom is 0.224 e. The summed E-state index contributed by atoms with van der Waals surface area (Å²) in [5.41, 5.74) is 3.88. The number of halogens is 1. The van der Waals surface area contributed by atoms with E-state index in [0.29, 0.717) is 0 Å². The van der Waals surface area contributed by atoms with Gasteiger partial charge in [0.05, 0.1) is 5.92 Å². The summed E-state index contributed by atoms with van der Waals surface area (Å²) in [6.07, 6.45) is 3.03. The summed E-state index contributed by atoms with van der Waals surface area (Å²) in [7, 11) is 0. The zero-order valence-electron chi connectivity index (χ0n) is 12.4. The van der Waals surface area contributed by atoms with E-state index in [0.717, 1.165) is 38.9 Å². The van der Waals surface area contributed by atoms with Crippen LogP contribution < -0.4 is 10.6 Å². The first-order chi connectivity index (χ1) is 9.15. The Morgan fingerprint density at radius 1 is 1.30 bits per heavy atom. The topological polar surface area (TPSA) is 41.1 Å². The number of rotatable bonds is 4. The normalized spacial score (nSPS) is 18.2. The van der Waals surface area contributed by atoms with Gasteiger partial charge in [-0.3, -0.25) is 4.79 Å². The molecule has 20 heavy (non-hydrogen) atoms. The maximum atomic E-state index is 12.0. The highest BCUT2D eigenvalue weighted by Gasteiger charge is 2.20. The maximum absolute atomic E-state index is 12.0. The first kappa shape index (κ1) is 17.0. The van der Waals surface area contributed by atoms with Gasteiger partial charge >= 0.3 is 0 Å². The number of aryl methyl sites for hydroxylation is 2. The van der Waals surface area contributed by atoms with Crippen LogP contribution in [0.5, 0.6) is 0 Å². The molecule has 4 heteroatoms. The largest absolute Gasteiger partial charge is 0.355 e. The third-order valence-electron chi connectivity index (χ3n) is 3.66. The molecule has 0 aliphatic carbocycles. The third kappa shape index (κ3) is 5.14. The summed E-state index contributed by atoms with van der Waals surface area (Å²) in [5.74, 6) is 0.365. The molecule has 0 saturated carbocycles.